The number of hydrogen-bond donors (Lipinski definition) is 2. The summed E-state index contributed by atoms with van der Waals surface area (Å²) in [5, 5.41) is 2.55. The number of carbonyl (C=O) groups is 2. The highest BCUT2D eigenvalue weighted by molar-refractivity contribution is 6.04. The third-order valence-corrected chi connectivity index (χ3v) is 3.76. The number of halogens is 1. The zero-order valence-electron chi connectivity index (χ0n) is 14.8. The number of ether oxygens (including phenoxy) is 2. The molecule has 3 aromatic rings. The molecule has 0 radical (unpaired) electrons. The van der Waals surface area contributed by atoms with E-state index < -0.39 is 17.6 Å². The van der Waals surface area contributed by atoms with Crippen LogP contribution in [-0.2, 0) is 0 Å². The van der Waals surface area contributed by atoms with Crippen LogP contribution in [0.25, 0.3) is 0 Å². The van der Waals surface area contributed by atoms with Crippen molar-refractivity contribution in [2.75, 3.05) is 12.4 Å². The van der Waals surface area contributed by atoms with Gasteiger partial charge < -0.3 is 20.5 Å². The van der Waals surface area contributed by atoms with Crippen molar-refractivity contribution in [1.29, 1.82) is 0 Å². The maximum atomic E-state index is 14.0. The van der Waals surface area contributed by atoms with Gasteiger partial charge in [-0.1, -0.05) is 6.07 Å². The van der Waals surface area contributed by atoms with E-state index in [-0.39, 0.29) is 11.4 Å². The van der Waals surface area contributed by atoms with E-state index in [1.54, 1.807) is 24.3 Å². The second kappa shape index (κ2) is 8.17. The normalized spacial score (nSPS) is 10.2. The lowest BCUT2D eigenvalue weighted by atomic mass is 10.2. The topological polar surface area (TPSA) is 104 Å². The fourth-order valence-electron chi connectivity index (χ4n) is 2.35. The number of nitrogens with one attached hydrogen (secondary N) is 1. The van der Waals surface area contributed by atoms with Crippen molar-refractivity contribution in [1.82, 2.24) is 4.98 Å². The van der Waals surface area contributed by atoms with Crippen LogP contribution in [0.3, 0.4) is 0 Å². The molecule has 28 heavy (non-hydrogen) atoms. The number of hydrogen-bond acceptors (Lipinski definition) is 5. The van der Waals surface area contributed by atoms with Crippen molar-refractivity contribution in [3.8, 4) is 17.4 Å². The Kier molecular flexibility index (Phi) is 5.50. The van der Waals surface area contributed by atoms with E-state index in [9.17, 15) is 14.0 Å². The number of benzene rings is 2. The molecule has 0 saturated heterocycles. The predicted molar refractivity (Wildman–Crippen MR) is 100 cm³/mol. The molecule has 0 spiro atoms. The van der Waals surface area contributed by atoms with E-state index in [0.29, 0.717) is 22.7 Å². The average molecular weight is 381 g/mol. The maximum Gasteiger partial charge on any atom is 0.258 e. The molecule has 0 atom stereocenters. The lowest BCUT2D eigenvalue weighted by Gasteiger charge is -2.09. The summed E-state index contributed by atoms with van der Waals surface area (Å²) < 4.78 is 24.4. The van der Waals surface area contributed by atoms with E-state index in [1.165, 1.54) is 37.6 Å². The molecule has 0 aliphatic carbocycles. The summed E-state index contributed by atoms with van der Waals surface area (Å²) in [6.07, 6.45) is 1.37. The summed E-state index contributed by atoms with van der Waals surface area (Å²) in [6.45, 7) is 0. The van der Waals surface area contributed by atoms with Gasteiger partial charge in [0, 0.05) is 17.7 Å². The van der Waals surface area contributed by atoms with E-state index in [1.807, 2.05) is 0 Å². The molecule has 3 N–H and O–H groups in total. The van der Waals surface area contributed by atoms with Crippen molar-refractivity contribution in [2.45, 2.75) is 0 Å². The maximum absolute atomic E-state index is 14.0. The molecule has 2 aromatic carbocycles. The zero-order chi connectivity index (χ0) is 20.1. The number of aromatic nitrogens is 1. The van der Waals surface area contributed by atoms with Crippen molar-refractivity contribution < 1.29 is 23.5 Å². The van der Waals surface area contributed by atoms with Gasteiger partial charge in [-0.05, 0) is 36.4 Å². The number of rotatable bonds is 6. The monoisotopic (exact) mass is 381 g/mol. The largest absolute Gasteiger partial charge is 0.497 e. The van der Waals surface area contributed by atoms with Gasteiger partial charge in [0.05, 0.1) is 24.6 Å². The van der Waals surface area contributed by atoms with Crippen molar-refractivity contribution in [3.05, 3.63) is 77.7 Å². The van der Waals surface area contributed by atoms with E-state index in [2.05, 4.69) is 10.3 Å². The van der Waals surface area contributed by atoms with Crippen LogP contribution < -0.4 is 20.5 Å². The van der Waals surface area contributed by atoms with E-state index in [0.717, 1.165) is 6.07 Å². The minimum absolute atomic E-state index is 0.121. The molecule has 3 rings (SSSR count). The van der Waals surface area contributed by atoms with Crippen LogP contribution in [-0.4, -0.2) is 23.9 Å². The summed E-state index contributed by atoms with van der Waals surface area (Å²) in [6, 6.07) is 13.4. The lowest BCUT2D eigenvalue weighted by molar-refractivity contribution is 0.0997. The predicted octanol–water partition coefficient (Wildman–Crippen LogP) is 3.37. The molecule has 0 aliphatic rings. The van der Waals surface area contributed by atoms with Crippen LogP contribution in [0.4, 0.5) is 10.1 Å². The second-order valence-electron chi connectivity index (χ2n) is 5.68. The molecule has 0 aliphatic heterocycles. The Morgan fingerprint density at radius 2 is 1.89 bits per heavy atom. The Labute approximate surface area is 159 Å². The minimum atomic E-state index is -0.695. The number of methoxy groups -OCH3 is 1. The van der Waals surface area contributed by atoms with Gasteiger partial charge in [-0.15, -0.1) is 0 Å². The molecule has 1 aromatic heterocycles. The molecule has 142 valence electrons. The molecule has 7 nitrogen and oxygen atoms in total. The number of nitrogens with two attached hydrogens (primary N) is 1. The quantitative estimate of drug-likeness (QED) is 0.681. The molecule has 2 amide bonds. The summed E-state index contributed by atoms with van der Waals surface area (Å²) in [5.41, 5.74) is 5.78. The number of anilines is 1. The highest BCUT2D eigenvalue weighted by atomic mass is 19.1. The number of pyridine rings is 1. The van der Waals surface area contributed by atoms with Gasteiger partial charge in [0.15, 0.2) is 0 Å². The molecular weight excluding hydrogens is 365 g/mol. The van der Waals surface area contributed by atoms with E-state index >= 15 is 0 Å². The van der Waals surface area contributed by atoms with Gasteiger partial charge in [0.1, 0.15) is 17.3 Å². The summed E-state index contributed by atoms with van der Waals surface area (Å²) in [7, 11) is 1.41. The molecule has 0 bridgehead atoms. The molecule has 0 saturated carbocycles. The van der Waals surface area contributed by atoms with Crippen LogP contribution in [0, 0.1) is 5.82 Å². The highest BCUT2D eigenvalue weighted by Crippen LogP contribution is 2.22. The summed E-state index contributed by atoms with van der Waals surface area (Å²) >= 11 is 0. The Balaban J connectivity index is 1.68. The zero-order valence-corrected chi connectivity index (χ0v) is 14.8. The first-order chi connectivity index (χ1) is 13.5. The third kappa shape index (κ3) is 4.42. The molecule has 0 fully saturated rings. The summed E-state index contributed by atoms with van der Waals surface area (Å²) in [4.78, 5) is 27.5. The van der Waals surface area contributed by atoms with Crippen molar-refractivity contribution in [3.63, 3.8) is 0 Å². The van der Waals surface area contributed by atoms with Crippen LogP contribution in [0.2, 0.25) is 0 Å². The third-order valence-electron chi connectivity index (χ3n) is 3.76. The Morgan fingerprint density at radius 3 is 2.54 bits per heavy atom. The number of carbonyl (C=O) groups excluding carboxylic acids is 2. The van der Waals surface area contributed by atoms with E-state index in [4.69, 9.17) is 15.2 Å². The summed E-state index contributed by atoms with van der Waals surface area (Å²) in [5.74, 6) is -0.931. The first kappa shape index (κ1) is 18.8. The smallest absolute Gasteiger partial charge is 0.258 e. The van der Waals surface area contributed by atoms with Crippen molar-refractivity contribution >= 4 is 17.5 Å². The van der Waals surface area contributed by atoms with Crippen LogP contribution in [0.15, 0.2) is 60.8 Å². The first-order valence-corrected chi connectivity index (χ1v) is 8.15. The van der Waals surface area contributed by atoms with Gasteiger partial charge >= 0.3 is 0 Å². The number of primary amides is 1. The minimum Gasteiger partial charge on any atom is -0.497 e. The van der Waals surface area contributed by atoms with Crippen LogP contribution in [0.5, 0.6) is 17.4 Å². The molecule has 8 heteroatoms. The van der Waals surface area contributed by atoms with Gasteiger partial charge in [0.25, 0.3) is 5.91 Å². The van der Waals surface area contributed by atoms with Crippen LogP contribution >= 0.6 is 0 Å². The van der Waals surface area contributed by atoms with Gasteiger partial charge in [-0.25, -0.2) is 9.37 Å². The molecular formula is C20H16FN3O4. The number of amides is 2. The molecule has 1 heterocycles. The van der Waals surface area contributed by atoms with Crippen molar-refractivity contribution in [2.24, 2.45) is 5.73 Å². The van der Waals surface area contributed by atoms with Gasteiger partial charge in [-0.3, -0.25) is 9.59 Å². The fourth-order valence-corrected chi connectivity index (χ4v) is 2.35. The standard InChI is InChI=1S/C20H16FN3O4/c1-27-14-6-7-16(17(21)10-14)20(26)24-13-5-8-18(23-11-13)28-15-4-2-3-12(9-15)19(22)25/h2-11H,1H3,(H2,22,25)(H,24,26). The lowest BCUT2D eigenvalue weighted by Crippen LogP contribution is -2.14. The van der Waals surface area contributed by atoms with Gasteiger partial charge in [0.2, 0.25) is 11.8 Å². The second-order valence-corrected chi connectivity index (χ2v) is 5.68. The Morgan fingerprint density at radius 1 is 1.07 bits per heavy atom. The Bertz CT molecular complexity index is 1020. The van der Waals surface area contributed by atoms with Crippen LogP contribution in [0.1, 0.15) is 20.7 Å². The molecule has 0 unspecified atom stereocenters. The fraction of sp³-hybridized carbons (Fsp3) is 0.0500. The first-order valence-electron chi connectivity index (χ1n) is 8.15. The SMILES string of the molecule is COc1ccc(C(=O)Nc2ccc(Oc3cccc(C(N)=O)c3)nc2)c(F)c1. The Hall–Kier alpha value is -3.94. The van der Waals surface area contributed by atoms with Gasteiger partial charge in [-0.2, -0.15) is 0 Å². The highest BCUT2D eigenvalue weighted by Gasteiger charge is 2.13. The number of nitrogens with zero attached hydrogens (tertiary/aromatic N) is 1. The average Bonchev–Trinajstić information content (AvgIpc) is 2.69.